The van der Waals surface area contributed by atoms with Crippen LogP contribution in [0.4, 0.5) is 4.39 Å². The second kappa shape index (κ2) is 11.8. The standard InChI is InChI=1S/C35H39FN2O6/c1-34(33(40)37-24-6-4-5-7-24)20-43-32-26(34)19-30(38-31(32)21-8-11-23(36)12-9-21)35(2,41)17-16-27(39)22-10-15-28(29(18-22)42-3)44-25-13-14-25/h8-12,15,18-19,24-25,41H,4-7,13-14,16-17,20H2,1-3H3,(H,37,40)/t34-,35-/m0/s1. The maximum atomic E-state index is 13.8. The number of nitrogens with zero attached hydrogens (tertiary/aromatic N) is 1. The molecule has 2 fully saturated rings. The van der Waals surface area contributed by atoms with Crippen molar-refractivity contribution in [3.8, 4) is 28.5 Å². The fourth-order valence-corrected chi connectivity index (χ4v) is 6.00. The van der Waals surface area contributed by atoms with Crippen LogP contribution in [0, 0.1) is 5.82 Å². The van der Waals surface area contributed by atoms with Gasteiger partial charge in [-0.1, -0.05) is 12.8 Å². The zero-order valence-corrected chi connectivity index (χ0v) is 25.5. The van der Waals surface area contributed by atoms with Gasteiger partial charge in [-0.3, -0.25) is 9.59 Å². The van der Waals surface area contributed by atoms with Gasteiger partial charge in [-0.25, -0.2) is 9.37 Å². The maximum Gasteiger partial charge on any atom is 0.234 e. The van der Waals surface area contributed by atoms with Crippen LogP contribution in [0.25, 0.3) is 11.3 Å². The van der Waals surface area contributed by atoms with Crippen molar-refractivity contribution >= 4 is 11.7 Å². The summed E-state index contributed by atoms with van der Waals surface area (Å²) in [6.45, 7) is 3.56. The number of ether oxygens (including phenoxy) is 3. The Hall–Kier alpha value is -3.98. The Labute approximate surface area is 256 Å². The van der Waals surface area contributed by atoms with E-state index in [-0.39, 0.29) is 43.3 Å². The number of carbonyl (C=O) groups is 2. The number of halogens is 1. The summed E-state index contributed by atoms with van der Waals surface area (Å²) in [5.74, 6) is 0.855. The van der Waals surface area contributed by atoms with E-state index in [0.717, 1.165) is 38.5 Å². The number of amides is 1. The molecule has 0 saturated heterocycles. The number of benzene rings is 2. The highest BCUT2D eigenvalue weighted by Crippen LogP contribution is 2.46. The number of hydrogen-bond acceptors (Lipinski definition) is 7. The zero-order chi connectivity index (χ0) is 31.1. The van der Waals surface area contributed by atoms with Crippen molar-refractivity contribution in [3.05, 3.63) is 71.2 Å². The molecule has 0 bridgehead atoms. The molecule has 2 heterocycles. The Balaban J connectivity index is 1.29. The molecular weight excluding hydrogens is 563 g/mol. The Bertz CT molecular complexity index is 1560. The number of methoxy groups -OCH3 is 1. The van der Waals surface area contributed by atoms with E-state index in [1.54, 1.807) is 43.3 Å². The van der Waals surface area contributed by atoms with Crippen LogP contribution in [0.2, 0.25) is 0 Å². The number of pyridine rings is 1. The van der Waals surface area contributed by atoms with Gasteiger partial charge in [0.25, 0.3) is 0 Å². The lowest BCUT2D eigenvalue weighted by atomic mass is 9.81. The van der Waals surface area contributed by atoms with Crippen molar-refractivity contribution in [2.75, 3.05) is 13.7 Å². The van der Waals surface area contributed by atoms with Crippen molar-refractivity contribution in [1.82, 2.24) is 10.3 Å². The smallest absolute Gasteiger partial charge is 0.234 e. The number of rotatable bonds is 11. The summed E-state index contributed by atoms with van der Waals surface area (Å²) in [6.07, 6.45) is 6.40. The quantitative estimate of drug-likeness (QED) is 0.259. The number of carbonyl (C=O) groups excluding carboxylic acids is 2. The van der Waals surface area contributed by atoms with Crippen molar-refractivity contribution in [1.29, 1.82) is 0 Å². The molecule has 2 atom stereocenters. The van der Waals surface area contributed by atoms with Crippen LogP contribution in [-0.2, 0) is 15.8 Å². The molecule has 0 unspecified atom stereocenters. The summed E-state index contributed by atoms with van der Waals surface area (Å²) in [4.78, 5) is 31.7. The minimum atomic E-state index is -1.52. The molecule has 9 heteroatoms. The lowest BCUT2D eigenvalue weighted by molar-refractivity contribution is -0.127. The molecule has 0 spiro atoms. The largest absolute Gasteiger partial charge is 0.493 e. The molecule has 44 heavy (non-hydrogen) atoms. The van der Waals surface area contributed by atoms with Crippen molar-refractivity contribution < 1.29 is 33.3 Å². The van der Waals surface area contributed by atoms with Crippen LogP contribution < -0.4 is 19.5 Å². The molecule has 2 saturated carbocycles. The van der Waals surface area contributed by atoms with Gasteiger partial charge >= 0.3 is 0 Å². The third-order valence-electron chi connectivity index (χ3n) is 9.08. The summed E-state index contributed by atoms with van der Waals surface area (Å²) >= 11 is 0. The Kier molecular flexibility index (Phi) is 8.09. The first-order valence-corrected chi connectivity index (χ1v) is 15.4. The van der Waals surface area contributed by atoms with Gasteiger partial charge in [0.15, 0.2) is 17.3 Å². The molecule has 3 aliphatic rings. The summed E-state index contributed by atoms with van der Waals surface area (Å²) in [7, 11) is 1.54. The molecule has 0 radical (unpaired) electrons. The van der Waals surface area contributed by atoms with Crippen LogP contribution in [0.15, 0.2) is 48.5 Å². The van der Waals surface area contributed by atoms with E-state index < -0.39 is 16.8 Å². The van der Waals surface area contributed by atoms with Gasteiger partial charge in [0.05, 0.1) is 18.9 Å². The van der Waals surface area contributed by atoms with Gasteiger partial charge in [0, 0.05) is 29.2 Å². The number of fused-ring (bicyclic) bond motifs is 1. The fraction of sp³-hybridized carbons (Fsp3) is 0.457. The second-order valence-corrected chi connectivity index (χ2v) is 12.7. The van der Waals surface area contributed by atoms with Crippen molar-refractivity contribution in [2.45, 2.75) is 88.4 Å². The van der Waals surface area contributed by atoms with Gasteiger partial charge in [0.2, 0.25) is 5.91 Å². The lowest BCUT2D eigenvalue weighted by Gasteiger charge is -2.27. The average Bonchev–Trinajstić information content (AvgIpc) is 3.56. The third-order valence-corrected chi connectivity index (χ3v) is 9.08. The van der Waals surface area contributed by atoms with E-state index in [2.05, 4.69) is 5.32 Å². The predicted octanol–water partition coefficient (Wildman–Crippen LogP) is 6.02. The van der Waals surface area contributed by atoms with Crippen LogP contribution >= 0.6 is 0 Å². The number of aliphatic hydroxyl groups is 1. The van der Waals surface area contributed by atoms with Crippen LogP contribution in [0.3, 0.4) is 0 Å². The van der Waals surface area contributed by atoms with E-state index >= 15 is 0 Å². The summed E-state index contributed by atoms with van der Waals surface area (Å²) in [6, 6.07) is 12.8. The molecule has 3 aromatic rings. The number of ketones is 1. The summed E-state index contributed by atoms with van der Waals surface area (Å²) in [5.41, 5.74) is -0.158. The minimum Gasteiger partial charge on any atom is -0.493 e. The van der Waals surface area contributed by atoms with E-state index in [4.69, 9.17) is 19.2 Å². The maximum absolute atomic E-state index is 13.8. The number of aromatic nitrogens is 1. The average molecular weight is 603 g/mol. The van der Waals surface area contributed by atoms with Crippen LogP contribution in [0.5, 0.6) is 17.2 Å². The minimum absolute atomic E-state index is 0.0412. The van der Waals surface area contributed by atoms with E-state index in [0.29, 0.717) is 45.3 Å². The van der Waals surface area contributed by atoms with Gasteiger partial charge in [-0.2, -0.15) is 0 Å². The van der Waals surface area contributed by atoms with Gasteiger partial charge in [0.1, 0.15) is 34.9 Å². The first-order valence-electron chi connectivity index (χ1n) is 15.4. The van der Waals surface area contributed by atoms with Gasteiger partial charge in [-0.15, -0.1) is 0 Å². The SMILES string of the molecule is COc1cc(C(=O)CC[C@](C)(O)c2cc3c(c(-c4ccc(F)cc4)n2)OC[C@]3(C)C(=O)NC2CCCC2)ccc1OC1CC1. The lowest BCUT2D eigenvalue weighted by Crippen LogP contribution is -2.47. The van der Waals surface area contributed by atoms with Crippen molar-refractivity contribution in [2.24, 2.45) is 0 Å². The zero-order valence-electron chi connectivity index (χ0n) is 25.5. The molecule has 1 aromatic heterocycles. The van der Waals surface area contributed by atoms with Crippen molar-refractivity contribution in [3.63, 3.8) is 0 Å². The molecule has 232 valence electrons. The molecule has 2 N–H and O–H groups in total. The van der Waals surface area contributed by atoms with Gasteiger partial charge < -0.3 is 24.6 Å². The fourth-order valence-electron chi connectivity index (χ4n) is 6.00. The molecule has 1 aliphatic heterocycles. The number of Topliss-reactive ketones (excluding diaryl/α,β-unsaturated/α-hetero) is 1. The molecule has 1 amide bonds. The highest BCUT2D eigenvalue weighted by molar-refractivity contribution is 5.96. The Morgan fingerprint density at radius 3 is 2.50 bits per heavy atom. The van der Waals surface area contributed by atoms with Crippen LogP contribution in [-0.4, -0.2) is 47.6 Å². The van der Waals surface area contributed by atoms with E-state index in [1.165, 1.54) is 19.2 Å². The highest BCUT2D eigenvalue weighted by Gasteiger charge is 2.46. The molecule has 2 aliphatic carbocycles. The van der Waals surface area contributed by atoms with Crippen LogP contribution in [0.1, 0.15) is 86.8 Å². The second-order valence-electron chi connectivity index (χ2n) is 12.7. The molecule has 6 rings (SSSR count). The number of nitrogens with one attached hydrogen (secondary N) is 1. The topological polar surface area (TPSA) is 107 Å². The Morgan fingerprint density at radius 1 is 1.09 bits per heavy atom. The molecular formula is C35H39FN2O6. The Morgan fingerprint density at radius 2 is 1.82 bits per heavy atom. The first kappa shape index (κ1) is 30.1. The predicted molar refractivity (Wildman–Crippen MR) is 163 cm³/mol. The van der Waals surface area contributed by atoms with E-state index in [1.807, 2.05) is 6.92 Å². The first-order chi connectivity index (χ1) is 21.1. The molecule has 2 aromatic carbocycles. The summed E-state index contributed by atoms with van der Waals surface area (Å²) < 4.78 is 31.3. The van der Waals surface area contributed by atoms with E-state index in [9.17, 15) is 19.1 Å². The number of hydrogen-bond donors (Lipinski definition) is 2. The normalized spacial score (nSPS) is 20.8. The molecule has 8 nitrogen and oxygen atoms in total. The summed E-state index contributed by atoms with van der Waals surface area (Å²) in [5, 5.41) is 15.0. The third kappa shape index (κ3) is 6.02. The highest BCUT2D eigenvalue weighted by atomic mass is 19.1. The monoisotopic (exact) mass is 602 g/mol. The van der Waals surface area contributed by atoms with Gasteiger partial charge in [-0.05, 0) is 94.5 Å².